The summed E-state index contributed by atoms with van der Waals surface area (Å²) in [6, 6.07) is 7.76. The van der Waals surface area contributed by atoms with Crippen LogP contribution in [-0.4, -0.2) is 55.3 Å². The molecule has 172 valence electrons. The summed E-state index contributed by atoms with van der Waals surface area (Å²) in [5.41, 5.74) is 2.38. The molecular weight excluding hydrogens is 418 g/mol. The summed E-state index contributed by atoms with van der Waals surface area (Å²) in [5.74, 6) is 6.28. The van der Waals surface area contributed by atoms with Crippen molar-refractivity contribution in [3.8, 4) is 23.1 Å². The van der Waals surface area contributed by atoms with Crippen LogP contribution in [0.25, 0.3) is 16.9 Å². The van der Waals surface area contributed by atoms with Crippen molar-refractivity contribution >= 4 is 17.4 Å². The lowest BCUT2D eigenvalue weighted by molar-refractivity contribution is 0.0951. The number of anilines is 1. The van der Waals surface area contributed by atoms with Crippen molar-refractivity contribution in [3.63, 3.8) is 0 Å². The SMILES string of the molecule is CC(C)(O)C#Cc1cn2c(-c3ccc(C(=O)NC4CC4)cc3)cnc2c(NCCCCO)n1. The monoisotopic (exact) mass is 447 g/mol. The quantitative estimate of drug-likeness (QED) is 0.312. The Morgan fingerprint density at radius 3 is 2.67 bits per heavy atom. The molecule has 1 saturated carbocycles. The molecular formula is C25H29N5O3. The van der Waals surface area contributed by atoms with Crippen molar-refractivity contribution in [1.29, 1.82) is 0 Å². The summed E-state index contributed by atoms with van der Waals surface area (Å²) in [6.07, 6.45) is 7.15. The number of aromatic nitrogens is 3. The molecule has 4 rings (SSSR count). The second kappa shape index (κ2) is 9.61. The van der Waals surface area contributed by atoms with E-state index in [2.05, 4.69) is 32.4 Å². The highest BCUT2D eigenvalue weighted by atomic mass is 16.3. The molecule has 1 amide bonds. The predicted octanol–water partition coefficient (Wildman–Crippen LogP) is 2.60. The lowest BCUT2D eigenvalue weighted by Crippen LogP contribution is -2.25. The Morgan fingerprint density at radius 2 is 2.00 bits per heavy atom. The Kier molecular flexibility index (Phi) is 6.63. The highest BCUT2D eigenvalue weighted by Gasteiger charge is 2.23. The minimum Gasteiger partial charge on any atom is -0.396 e. The van der Waals surface area contributed by atoms with Gasteiger partial charge in [-0.15, -0.1) is 0 Å². The molecule has 0 aliphatic heterocycles. The third kappa shape index (κ3) is 5.89. The molecule has 0 saturated heterocycles. The van der Waals surface area contributed by atoms with Crippen LogP contribution >= 0.6 is 0 Å². The van der Waals surface area contributed by atoms with E-state index in [1.807, 2.05) is 28.7 Å². The van der Waals surface area contributed by atoms with Crippen molar-refractivity contribution in [1.82, 2.24) is 19.7 Å². The lowest BCUT2D eigenvalue weighted by Gasteiger charge is -2.10. The number of imidazole rings is 1. The Morgan fingerprint density at radius 1 is 1.24 bits per heavy atom. The third-order valence-corrected chi connectivity index (χ3v) is 5.22. The number of hydrogen-bond donors (Lipinski definition) is 4. The number of aliphatic hydroxyl groups excluding tert-OH is 1. The molecule has 4 N–H and O–H groups in total. The first-order valence-electron chi connectivity index (χ1n) is 11.2. The number of hydrogen-bond acceptors (Lipinski definition) is 6. The minimum atomic E-state index is -1.14. The van der Waals surface area contributed by atoms with E-state index in [9.17, 15) is 9.90 Å². The van der Waals surface area contributed by atoms with Crippen molar-refractivity contribution < 1.29 is 15.0 Å². The van der Waals surface area contributed by atoms with E-state index in [-0.39, 0.29) is 12.5 Å². The van der Waals surface area contributed by atoms with Gasteiger partial charge in [-0.1, -0.05) is 18.1 Å². The smallest absolute Gasteiger partial charge is 0.251 e. The zero-order chi connectivity index (χ0) is 23.4. The average molecular weight is 448 g/mol. The molecule has 0 radical (unpaired) electrons. The minimum absolute atomic E-state index is 0.0510. The van der Waals surface area contributed by atoms with Crippen LogP contribution in [0.1, 0.15) is 55.6 Å². The van der Waals surface area contributed by atoms with Gasteiger partial charge in [-0.25, -0.2) is 9.97 Å². The number of amides is 1. The van der Waals surface area contributed by atoms with Gasteiger partial charge in [0.05, 0.1) is 11.9 Å². The maximum Gasteiger partial charge on any atom is 0.251 e. The fourth-order valence-corrected chi connectivity index (χ4v) is 3.33. The molecule has 8 nitrogen and oxygen atoms in total. The van der Waals surface area contributed by atoms with Gasteiger partial charge in [0.25, 0.3) is 5.91 Å². The van der Waals surface area contributed by atoms with E-state index in [0.29, 0.717) is 41.7 Å². The number of rotatable bonds is 8. The van der Waals surface area contributed by atoms with Gasteiger partial charge in [-0.2, -0.15) is 0 Å². The van der Waals surface area contributed by atoms with Crippen LogP contribution in [-0.2, 0) is 0 Å². The van der Waals surface area contributed by atoms with Gasteiger partial charge in [0.15, 0.2) is 11.5 Å². The molecule has 3 aromatic rings. The number of nitrogens with one attached hydrogen (secondary N) is 2. The van der Waals surface area contributed by atoms with Crippen molar-refractivity contribution in [2.75, 3.05) is 18.5 Å². The first kappa shape index (κ1) is 22.8. The Balaban J connectivity index is 1.67. The second-order valence-electron chi connectivity index (χ2n) is 8.80. The number of fused-ring (bicyclic) bond motifs is 1. The van der Waals surface area contributed by atoms with Gasteiger partial charge in [-0.05, 0) is 57.6 Å². The molecule has 0 spiro atoms. The first-order chi connectivity index (χ1) is 15.8. The number of unbranched alkanes of at least 4 members (excludes halogenated alkanes) is 1. The number of aliphatic hydroxyl groups is 2. The van der Waals surface area contributed by atoms with E-state index in [0.717, 1.165) is 30.5 Å². The van der Waals surface area contributed by atoms with E-state index < -0.39 is 5.60 Å². The topological polar surface area (TPSA) is 112 Å². The van der Waals surface area contributed by atoms with Gasteiger partial charge in [0, 0.05) is 36.5 Å². The van der Waals surface area contributed by atoms with E-state index in [1.165, 1.54) is 0 Å². The zero-order valence-electron chi connectivity index (χ0n) is 18.9. The number of carbonyl (C=O) groups excluding carboxylic acids is 1. The van der Waals surface area contributed by atoms with E-state index in [4.69, 9.17) is 5.11 Å². The molecule has 1 aromatic carbocycles. The maximum atomic E-state index is 12.3. The number of carbonyl (C=O) groups is 1. The summed E-state index contributed by atoms with van der Waals surface area (Å²) in [5, 5.41) is 25.3. The zero-order valence-corrected chi connectivity index (χ0v) is 18.9. The Hall–Kier alpha value is -3.41. The lowest BCUT2D eigenvalue weighted by atomic mass is 10.1. The summed E-state index contributed by atoms with van der Waals surface area (Å²) < 4.78 is 1.91. The highest BCUT2D eigenvalue weighted by molar-refractivity contribution is 5.95. The summed E-state index contributed by atoms with van der Waals surface area (Å²) in [7, 11) is 0. The van der Waals surface area contributed by atoms with Crippen LogP contribution in [0.15, 0.2) is 36.7 Å². The fourth-order valence-electron chi connectivity index (χ4n) is 3.33. The molecule has 1 fully saturated rings. The van der Waals surface area contributed by atoms with Crippen LogP contribution < -0.4 is 10.6 Å². The van der Waals surface area contributed by atoms with Crippen LogP contribution in [0.5, 0.6) is 0 Å². The summed E-state index contributed by atoms with van der Waals surface area (Å²) in [4.78, 5) is 21.4. The molecule has 2 aromatic heterocycles. The molecule has 0 atom stereocenters. The molecule has 33 heavy (non-hydrogen) atoms. The van der Waals surface area contributed by atoms with Gasteiger partial charge in [0.2, 0.25) is 0 Å². The Bertz CT molecular complexity index is 1190. The van der Waals surface area contributed by atoms with Crippen molar-refractivity contribution in [2.24, 2.45) is 0 Å². The molecule has 8 heteroatoms. The summed E-state index contributed by atoms with van der Waals surface area (Å²) in [6.45, 7) is 4.02. The van der Waals surface area contributed by atoms with Gasteiger partial charge in [0.1, 0.15) is 11.3 Å². The van der Waals surface area contributed by atoms with Crippen LogP contribution in [0.4, 0.5) is 5.82 Å². The standard InChI is InChI=1S/C25H29N5O3/c1-25(2,33)12-11-20-16-30-21(15-27-23(30)22(28-20)26-13-3-4-14-31)17-5-7-18(8-6-17)24(32)29-19-9-10-19/h5-8,15-16,19,31,33H,3-4,9-10,13-14H2,1-2H3,(H,26,28)(H,29,32). The van der Waals surface area contributed by atoms with Crippen LogP contribution in [0.2, 0.25) is 0 Å². The van der Waals surface area contributed by atoms with Crippen LogP contribution in [0, 0.1) is 11.8 Å². The van der Waals surface area contributed by atoms with Gasteiger partial charge < -0.3 is 20.8 Å². The van der Waals surface area contributed by atoms with E-state index in [1.54, 1.807) is 26.2 Å². The number of benzene rings is 1. The fraction of sp³-hybridized carbons (Fsp3) is 0.400. The van der Waals surface area contributed by atoms with Crippen molar-refractivity contribution in [3.05, 3.63) is 47.9 Å². The first-order valence-corrected chi connectivity index (χ1v) is 11.2. The molecule has 0 bridgehead atoms. The molecule has 2 heterocycles. The highest BCUT2D eigenvalue weighted by Crippen LogP contribution is 2.25. The predicted molar refractivity (Wildman–Crippen MR) is 127 cm³/mol. The van der Waals surface area contributed by atoms with Gasteiger partial charge in [-0.3, -0.25) is 9.20 Å². The normalized spacial score (nSPS) is 13.5. The molecule has 1 aliphatic carbocycles. The second-order valence-corrected chi connectivity index (χ2v) is 8.80. The Labute approximate surface area is 193 Å². The molecule has 0 unspecified atom stereocenters. The van der Waals surface area contributed by atoms with E-state index >= 15 is 0 Å². The van der Waals surface area contributed by atoms with Crippen LogP contribution in [0.3, 0.4) is 0 Å². The van der Waals surface area contributed by atoms with Gasteiger partial charge >= 0.3 is 0 Å². The van der Waals surface area contributed by atoms with Crippen molar-refractivity contribution in [2.45, 2.75) is 51.2 Å². The largest absolute Gasteiger partial charge is 0.396 e. The average Bonchev–Trinajstić information content (AvgIpc) is 3.50. The third-order valence-electron chi connectivity index (χ3n) is 5.22. The summed E-state index contributed by atoms with van der Waals surface area (Å²) >= 11 is 0. The number of nitrogens with zero attached hydrogens (tertiary/aromatic N) is 3. The molecule has 1 aliphatic rings. The maximum absolute atomic E-state index is 12.3.